The Bertz CT molecular complexity index is 25.2. The molecule has 0 atom stereocenters. The molecule has 1 heteroatoms. The van der Waals surface area contributed by atoms with Crippen molar-refractivity contribution < 1.29 is 32.7 Å². The Hall–Kier alpha value is 0.584. The molecule has 0 aromatic heterocycles. The van der Waals surface area contributed by atoms with Gasteiger partial charge in [-0.05, 0) is 0 Å². The van der Waals surface area contributed by atoms with Gasteiger partial charge >= 0.3 is 0 Å². The third kappa shape index (κ3) is 55.1. The van der Waals surface area contributed by atoms with Crippen LogP contribution in [0.25, 0.3) is 0 Å². The van der Waals surface area contributed by atoms with E-state index in [1.54, 1.807) is 6.92 Å². The fraction of sp³-hybridized carbons (Fsp3) is 0.167. The van der Waals surface area contributed by atoms with Crippen LogP contribution in [0, 0.1) is 13.0 Å². The number of hydrogen-bond acceptors (Lipinski definition) is 0. The van der Waals surface area contributed by atoms with E-state index in [1.807, 2.05) is 0 Å². The summed E-state index contributed by atoms with van der Waals surface area (Å²) in [6.07, 6.45) is 3.96. The van der Waals surface area contributed by atoms with Gasteiger partial charge in [-0.2, -0.15) is 13.5 Å². The minimum absolute atomic E-state index is 0. The van der Waals surface area contributed by atoms with E-state index in [9.17, 15) is 0 Å². The first kappa shape index (κ1) is 15.6. The second kappa shape index (κ2) is 30.7. The third-order valence-electron chi connectivity index (χ3n) is 0.144. The van der Waals surface area contributed by atoms with Crippen LogP contribution in [0.15, 0.2) is 19.2 Å². The summed E-state index contributed by atoms with van der Waals surface area (Å²) in [5, 5.41) is 0. The molecule has 0 nitrogen and oxygen atoms in total. The van der Waals surface area contributed by atoms with Crippen molar-refractivity contribution in [2.75, 3.05) is 0 Å². The van der Waals surface area contributed by atoms with Crippen LogP contribution in [0.5, 0.6) is 0 Å². The normalized spacial score (nSPS) is 3.71. The van der Waals surface area contributed by atoms with Gasteiger partial charge in [-0.25, -0.2) is 12.7 Å². The predicted molar refractivity (Wildman–Crippen MR) is 30.1 cm³/mol. The van der Waals surface area contributed by atoms with Crippen molar-refractivity contribution in [1.29, 1.82) is 0 Å². The summed E-state index contributed by atoms with van der Waals surface area (Å²) in [5.41, 5.74) is 0. The van der Waals surface area contributed by atoms with Crippen LogP contribution in [0.1, 0.15) is 6.92 Å². The zero-order valence-electron chi connectivity index (χ0n) is 4.78. The van der Waals surface area contributed by atoms with E-state index in [-0.39, 0.29) is 32.7 Å². The van der Waals surface area contributed by atoms with E-state index in [0.717, 1.165) is 0 Å². The summed E-state index contributed by atoms with van der Waals surface area (Å²) in [6.45, 7) is 11.5. The van der Waals surface area contributed by atoms with Crippen LogP contribution in [0.2, 0.25) is 0 Å². The zero-order chi connectivity index (χ0) is 5.41. The molecule has 0 aliphatic carbocycles. The number of rotatable bonds is 1. The molecule has 39 valence electrons. The summed E-state index contributed by atoms with van der Waals surface area (Å²) in [7, 11) is 0. The first-order valence-electron chi connectivity index (χ1n) is 1.76. The molecule has 0 rings (SSSR count). The standard InChI is InChI=1S/C4H5.C2H5.Y/c1-3-4-2;1-2;/h3H,1-2H2;1H2,2H3;/q2*-1;. The van der Waals surface area contributed by atoms with E-state index in [0.29, 0.717) is 0 Å². The maximum Gasteiger partial charge on any atom is 0 e. The Morgan fingerprint density at radius 1 is 1.57 bits per heavy atom. The SMILES string of the molecule is C=[C-]C=C.[CH2-]C.[Y]. The summed E-state index contributed by atoms with van der Waals surface area (Å²) in [6, 6.07) is 0. The summed E-state index contributed by atoms with van der Waals surface area (Å²) < 4.78 is 0. The Labute approximate surface area is 71.6 Å². The van der Waals surface area contributed by atoms with Crippen LogP contribution >= 0.6 is 0 Å². The molecule has 0 aliphatic heterocycles. The molecule has 7 heavy (non-hydrogen) atoms. The first-order valence-corrected chi connectivity index (χ1v) is 1.76. The van der Waals surface area contributed by atoms with Crippen LogP contribution in [0.3, 0.4) is 0 Å². The van der Waals surface area contributed by atoms with E-state index in [2.05, 4.69) is 26.2 Å². The number of hydrogen-bond donors (Lipinski definition) is 0. The first-order chi connectivity index (χ1) is 2.91. The molecule has 0 amide bonds. The largest absolute Gasteiger partial charge is 0.346 e. The molecule has 0 spiro atoms. The summed E-state index contributed by atoms with van der Waals surface area (Å²) in [5.74, 6) is 0. The van der Waals surface area contributed by atoms with Crippen molar-refractivity contribution in [2.45, 2.75) is 6.92 Å². The quantitative estimate of drug-likeness (QED) is 0.418. The molecule has 1 radical (unpaired) electrons. The van der Waals surface area contributed by atoms with Gasteiger partial charge in [0.25, 0.3) is 0 Å². The second-order valence-corrected chi connectivity index (χ2v) is 0.408. The van der Waals surface area contributed by atoms with E-state index < -0.39 is 0 Å². The van der Waals surface area contributed by atoms with Gasteiger partial charge in [0.05, 0.1) is 0 Å². The van der Waals surface area contributed by atoms with Gasteiger partial charge in [0.2, 0.25) is 0 Å². The van der Waals surface area contributed by atoms with Crippen molar-refractivity contribution in [3.05, 3.63) is 32.2 Å². The molecule has 0 unspecified atom stereocenters. The number of allylic oxidation sites excluding steroid dienone is 2. The van der Waals surface area contributed by atoms with Crippen molar-refractivity contribution in [3.63, 3.8) is 0 Å². The maximum atomic E-state index is 3.31. The Balaban J connectivity index is -0.0000000480. The van der Waals surface area contributed by atoms with Gasteiger partial charge in [0.15, 0.2) is 0 Å². The average Bonchev–Trinajstić information content (AvgIpc) is 1.72. The van der Waals surface area contributed by atoms with Crippen LogP contribution in [0.4, 0.5) is 0 Å². The van der Waals surface area contributed by atoms with Gasteiger partial charge in [0.1, 0.15) is 0 Å². The van der Waals surface area contributed by atoms with Gasteiger partial charge < -0.3 is 6.92 Å². The molecule has 0 aliphatic rings. The van der Waals surface area contributed by atoms with Gasteiger partial charge in [-0.15, -0.1) is 0 Å². The van der Waals surface area contributed by atoms with Gasteiger partial charge in [-0.3, -0.25) is 6.08 Å². The van der Waals surface area contributed by atoms with Crippen LogP contribution < -0.4 is 0 Å². The topological polar surface area (TPSA) is 0 Å². The van der Waals surface area contributed by atoms with Crippen molar-refractivity contribution in [2.24, 2.45) is 0 Å². The van der Waals surface area contributed by atoms with Gasteiger partial charge in [-0.1, -0.05) is 0 Å². The van der Waals surface area contributed by atoms with Crippen LogP contribution in [-0.4, -0.2) is 0 Å². The Kier molecular flexibility index (Phi) is 68.7. The van der Waals surface area contributed by atoms with Crippen molar-refractivity contribution >= 4 is 0 Å². The molecule has 0 saturated carbocycles. The molecular formula is C6H10Y-2. The van der Waals surface area contributed by atoms with E-state index in [1.165, 1.54) is 6.08 Å². The van der Waals surface area contributed by atoms with Crippen molar-refractivity contribution in [1.82, 2.24) is 0 Å². The van der Waals surface area contributed by atoms with Crippen LogP contribution in [-0.2, 0) is 32.7 Å². The van der Waals surface area contributed by atoms with Gasteiger partial charge in [0, 0.05) is 32.7 Å². The molecule has 0 aromatic carbocycles. The fourth-order valence-corrected chi connectivity index (χ4v) is 0. The van der Waals surface area contributed by atoms with E-state index in [4.69, 9.17) is 0 Å². The zero-order valence-corrected chi connectivity index (χ0v) is 7.61. The molecule has 0 aromatic rings. The molecule has 0 bridgehead atoms. The molecule has 0 saturated heterocycles. The summed E-state index contributed by atoms with van der Waals surface area (Å²) >= 11 is 0. The molecule has 0 heterocycles. The van der Waals surface area contributed by atoms with E-state index >= 15 is 0 Å². The Morgan fingerprint density at radius 3 is 1.71 bits per heavy atom. The minimum Gasteiger partial charge on any atom is -0.346 e. The third-order valence-corrected chi connectivity index (χ3v) is 0.144. The van der Waals surface area contributed by atoms with Crippen molar-refractivity contribution in [3.8, 4) is 0 Å². The second-order valence-electron chi connectivity index (χ2n) is 0.408. The monoisotopic (exact) mass is 171 g/mol. The smallest absolute Gasteiger partial charge is 0 e. The molecule has 0 N–H and O–H groups in total. The summed E-state index contributed by atoms with van der Waals surface area (Å²) in [4.78, 5) is 0. The molecule has 0 fully saturated rings. The Morgan fingerprint density at radius 2 is 1.71 bits per heavy atom. The predicted octanol–water partition coefficient (Wildman–Crippen LogP) is 2.00. The maximum absolute atomic E-state index is 3.31. The molecular weight excluding hydrogens is 161 g/mol. The average molecular weight is 171 g/mol. The minimum atomic E-state index is 0. The fourth-order valence-electron chi connectivity index (χ4n) is 0.